The van der Waals surface area contributed by atoms with Crippen molar-refractivity contribution in [3.05, 3.63) is 30.3 Å². The van der Waals surface area contributed by atoms with Crippen LogP contribution in [0, 0.1) is 5.41 Å². The first-order chi connectivity index (χ1) is 10.0. The second kappa shape index (κ2) is 6.55. The highest BCUT2D eigenvalue weighted by Crippen LogP contribution is 2.26. The molecule has 7 nitrogen and oxygen atoms in total. The maximum absolute atomic E-state index is 11.6. The molecule has 1 aromatic rings. The molecule has 4 N–H and O–H groups in total. The van der Waals surface area contributed by atoms with E-state index >= 15 is 0 Å². The number of anilines is 1. The van der Waals surface area contributed by atoms with E-state index in [2.05, 4.69) is 16.3 Å². The molecule has 1 unspecified atom stereocenters. The lowest BCUT2D eigenvalue weighted by Gasteiger charge is -2.19. The van der Waals surface area contributed by atoms with Crippen LogP contribution in [0.1, 0.15) is 13.3 Å². The van der Waals surface area contributed by atoms with Crippen molar-refractivity contribution in [3.63, 3.8) is 0 Å². The predicted molar refractivity (Wildman–Crippen MR) is 77.9 cm³/mol. The summed E-state index contributed by atoms with van der Waals surface area (Å²) in [5.41, 5.74) is 8.08. The first kappa shape index (κ1) is 15.3. The summed E-state index contributed by atoms with van der Waals surface area (Å²) < 4.78 is 0. The second-order valence-corrected chi connectivity index (χ2v) is 5.31. The van der Waals surface area contributed by atoms with Crippen LogP contribution < -0.4 is 21.3 Å². The first-order valence-corrected chi connectivity index (χ1v) is 6.81. The van der Waals surface area contributed by atoms with Crippen LogP contribution in [0.25, 0.3) is 0 Å². The standard InChI is InChI=1S/C11H14N2O2.C3H6N2O/c1-11(8-14)7-13(12-10(11)15)9-5-3-2-4-6-9;6-3-1-2-4-5-3/h2-6,14H,7-8H2,1H3,(H,12,15);4H,1-2H2,(H,5,6). The molecule has 2 amide bonds. The molecule has 0 saturated carbocycles. The number of para-hydroxylation sites is 1. The van der Waals surface area contributed by atoms with Gasteiger partial charge in [-0.3, -0.25) is 25.4 Å². The molecule has 0 aliphatic carbocycles. The number of nitrogens with one attached hydrogen (secondary N) is 3. The lowest BCUT2D eigenvalue weighted by molar-refractivity contribution is -0.128. The number of amides is 2. The molecule has 2 heterocycles. The molecule has 0 radical (unpaired) electrons. The number of rotatable bonds is 2. The Labute approximate surface area is 123 Å². The van der Waals surface area contributed by atoms with E-state index in [0.717, 1.165) is 12.2 Å². The molecule has 114 valence electrons. The van der Waals surface area contributed by atoms with Crippen molar-refractivity contribution in [2.45, 2.75) is 13.3 Å². The zero-order valence-corrected chi connectivity index (χ0v) is 11.9. The predicted octanol–water partition coefficient (Wildman–Crippen LogP) is -0.453. The van der Waals surface area contributed by atoms with Gasteiger partial charge in [0.1, 0.15) is 0 Å². The number of hydrazine groups is 2. The van der Waals surface area contributed by atoms with Crippen LogP contribution in [0.15, 0.2) is 30.3 Å². The van der Waals surface area contributed by atoms with E-state index in [4.69, 9.17) is 0 Å². The van der Waals surface area contributed by atoms with Crippen molar-refractivity contribution in [1.82, 2.24) is 16.3 Å². The molecular formula is C14H20N4O3. The number of hydrogen-bond acceptors (Lipinski definition) is 5. The normalized spacial score (nSPS) is 24.2. The van der Waals surface area contributed by atoms with Gasteiger partial charge in [-0.05, 0) is 19.1 Å². The van der Waals surface area contributed by atoms with Gasteiger partial charge >= 0.3 is 0 Å². The number of hydrogen-bond donors (Lipinski definition) is 4. The number of carbonyl (C=O) groups excluding carboxylic acids is 2. The molecular weight excluding hydrogens is 272 g/mol. The Balaban J connectivity index is 0.000000225. The smallest absolute Gasteiger partial charge is 0.248 e. The molecule has 2 aliphatic heterocycles. The van der Waals surface area contributed by atoms with Crippen LogP contribution >= 0.6 is 0 Å². The summed E-state index contributed by atoms with van der Waals surface area (Å²) >= 11 is 0. The van der Waals surface area contributed by atoms with Crippen molar-refractivity contribution < 1.29 is 14.7 Å². The van der Waals surface area contributed by atoms with Gasteiger partial charge in [0.2, 0.25) is 11.8 Å². The van der Waals surface area contributed by atoms with Gasteiger partial charge in [0.15, 0.2) is 0 Å². The molecule has 1 aromatic carbocycles. The summed E-state index contributed by atoms with van der Waals surface area (Å²) in [5, 5.41) is 10.9. The Morgan fingerprint density at radius 3 is 2.43 bits per heavy atom. The van der Waals surface area contributed by atoms with Crippen LogP contribution in [0.4, 0.5) is 5.69 Å². The highest BCUT2D eigenvalue weighted by Gasteiger charge is 2.41. The van der Waals surface area contributed by atoms with E-state index in [-0.39, 0.29) is 18.4 Å². The summed E-state index contributed by atoms with van der Waals surface area (Å²) in [5.74, 6) is -0.0381. The van der Waals surface area contributed by atoms with E-state index in [1.165, 1.54) is 0 Å². The zero-order valence-electron chi connectivity index (χ0n) is 11.9. The lowest BCUT2D eigenvalue weighted by atomic mass is 9.92. The largest absolute Gasteiger partial charge is 0.395 e. The molecule has 1 atom stereocenters. The monoisotopic (exact) mass is 292 g/mol. The van der Waals surface area contributed by atoms with Gasteiger partial charge in [-0.1, -0.05) is 18.2 Å². The number of nitrogens with zero attached hydrogens (tertiary/aromatic N) is 1. The Hall–Kier alpha value is -2.12. The third-order valence-electron chi connectivity index (χ3n) is 3.41. The molecule has 2 saturated heterocycles. The molecule has 0 spiro atoms. The van der Waals surface area contributed by atoms with Gasteiger partial charge in [0.05, 0.1) is 24.3 Å². The van der Waals surface area contributed by atoms with Gasteiger partial charge in [-0.25, -0.2) is 5.43 Å². The molecule has 21 heavy (non-hydrogen) atoms. The summed E-state index contributed by atoms with van der Waals surface area (Å²) in [4.78, 5) is 21.7. The molecule has 7 heteroatoms. The summed E-state index contributed by atoms with van der Waals surface area (Å²) in [6, 6.07) is 9.59. The average molecular weight is 292 g/mol. The van der Waals surface area contributed by atoms with Crippen LogP contribution in [-0.4, -0.2) is 36.6 Å². The number of benzene rings is 1. The van der Waals surface area contributed by atoms with Crippen molar-refractivity contribution in [3.8, 4) is 0 Å². The molecule has 3 rings (SSSR count). The third kappa shape index (κ3) is 3.71. The summed E-state index contributed by atoms with van der Waals surface area (Å²) in [6.45, 7) is 2.89. The fraction of sp³-hybridized carbons (Fsp3) is 0.429. The van der Waals surface area contributed by atoms with Gasteiger partial charge in [-0.2, -0.15) is 0 Å². The third-order valence-corrected chi connectivity index (χ3v) is 3.41. The second-order valence-electron chi connectivity index (χ2n) is 5.31. The van der Waals surface area contributed by atoms with Crippen molar-refractivity contribution in [1.29, 1.82) is 0 Å². The minimum atomic E-state index is -0.699. The number of carbonyl (C=O) groups is 2. The SMILES string of the molecule is CC1(CO)CN(c2ccccc2)NC1=O.O=C1CCNN1. The van der Waals surface area contributed by atoms with Crippen molar-refractivity contribution in [2.24, 2.45) is 5.41 Å². The topological polar surface area (TPSA) is 93.7 Å². The van der Waals surface area contributed by atoms with E-state index in [9.17, 15) is 14.7 Å². The molecule has 0 aromatic heterocycles. The van der Waals surface area contributed by atoms with Gasteiger partial charge < -0.3 is 5.11 Å². The highest BCUT2D eigenvalue weighted by atomic mass is 16.3. The van der Waals surface area contributed by atoms with E-state index in [0.29, 0.717) is 13.0 Å². The minimum Gasteiger partial charge on any atom is -0.395 e. The van der Waals surface area contributed by atoms with Crippen LogP contribution in [0.2, 0.25) is 0 Å². The average Bonchev–Trinajstić information content (AvgIpc) is 3.09. The molecule has 2 fully saturated rings. The van der Waals surface area contributed by atoms with E-state index < -0.39 is 5.41 Å². The van der Waals surface area contributed by atoms with E-state index in [1.54, 1.807) is 11.9 Å². The minimum absolute atomic E-state index is 0.0926. The quantitative estimate of drug-likeness (QED) is 0.592. The van der Waals surface area contributed by atoms with Crippen LogP contribution in [-0.2, 0) is 9.59 Å². The summed E-state index contributed by atoms with van der Waals surface area (Å²) in [6.07, 6.45) is 0.625. The zero-order chi connectivity index (χ0) is 15.3. The lowest BCUT2D eigenvalue weighted by Crippen LogP contribution is -2.34. The van der Waals surface area contributed by atoms with Crippen molar-refractivity contribution in [2.75, 3.05) is 24.7 Å². The van der Waals surface area contributed by atoms with E-state index in [1.807, 2.05) is 30.3 Å². The van der Waals surface area contributed by atoms with Crippen LogP contribution in [0.3, 0.4) is 0 Å². The van der Waals surface area contributed by atoms with Gasteiger partial charge in [0, 0.05) is 13.0 Å². The fourth-order valence-electron chi connectivity index (χ4n) is 2.00. The maximum atomic E-state index is 11.6. The Kier molecular flexibility index (Phi) is 4.77. The van der Waals surface area contributed by atoms with Crippen molar-refractivity contribution >= 4 is 17.5 Å². The maximum Gasteiger partial charge on any atom is 0.248 e. The van der Waals surface area contributed by atoms with Gasteiger partial charge in [-0.15, -0.1) is 0 Å². The number of aliphatic hydroxyl groups is 1. The Bertz CT molecular complexity index is 500. The fourth-order valence-corrected chi connectivity index (χ4v) is 2.00. The number of aliphatic hydroxyl groups excluding tert-OH is 1. The van der Waals surface area contributed by atoms with Crippen LogP contribution in [0.5, 0.6) is 0 Å². The highest BCUT2D eigenvalue weighted by molar-refractivity contribution is 5.87. The van der Waals surface area contributed by atoms with Gasteiger partial charge in [0.25, 0.3) is 0 Å². The summed E-state index contributed by atoms with van der Waals surface area (Å²) in [7, 11) is 0. The molecule has 2 aliphatic rings. The first-order valence-electron chi connectivity index (χ1n) is 6.81. The Morgan fingerprint density at radius 1 is 1.29 bits per heavy atom. The Morgan fingerprint density at radius 2 is 2.00 bits per heavy atom. The molecule has 0 bridgehead atoms.